The zero-order valence-corrected chi connectivity index (χ0v) is 11.8. The van der Waals surface area contributed by atoms with E-state index in [0.717, 1.165) is 0 Å². The van der Waals surface area contributed by atoms with Crippen molar-refractivity contribution >= 4 is 27.9 Å². The topological polar surface area (TPSA) is 61.8 Å². The number of hydrogen-bond donors (Lipinski definition) is 0. The van der Waals surface area contributed by atoms with Gasteiger partial charge in [0.1, 0.15) is 11.3 Å². The lowest BCUT2D eigenvalue weighted by Crippen LogP contribution is -2.25. The molecule has 0 saturated carbocycles. The number of halogens is 1. The molecule has 5 nitrogen and oxygen atoms in total. The van der Waals surface area contributed by atoms with Gasteiger partial charge in [0.15, 0.2) is 6.10 Å². The minimum atomic E-state index is -0.806. The van der Waals surface area contributed by atoms with E-state index in [0.29, 0.717) is 4.47 Å². The first-order valence-corrected chi connectivity index (χ1v) is 5.91. The van der Waals surface area contributed by atoms with Gasteiger partial charge < -0.3 is 14.2 Å². The van der Waals surface area contributed by atoms with Crippen molar-refractivity contribution in [3.8, 4) is 5.75 Å². The molecule has 0 fully saturated rings. The Balaban J connectivity index is 3.01. The Kier molecular flexibility index (Phi) is 5.15. The SMILES string of the molecule is COC(=O)c1cc(Br)ccc1OC(C)C(=O)OC. The van der Waals surface area contributed by atoms with Gasteiger partial charge in [0.2, 0.25) is 0 Å². The third-order valence-electron chi connectivity index (χ3n) is 2.18. The minimum Gasteiger partial charge on any atom is -0.478 e. The van der Waals surface area contributed by atoms with Crippen LogP contribution in [0, 0.1) is 0 Å². The van der Waals surface area contributed by atoms with Gasteiger partial charge >= 0.3 is 11.9 Å². The van der Waals surface area contributed by atoms with Gasteiger partial charge in [0.05, 0.1) is 14.2 Å². The van der Waals surface area contributed by atoms with Crippen LogP contribution >= 0.6 is 15.9 Å². The highest BCUT2D eigenvalue weighted by Crippen LogP contribution is 2.25. The molecule has 0 amide bonds. The molecular formula is C12H13BrO5. The van der Waals surface area contributed by atoms with Crippen LogP contribution in [0.1, 0.15) is 17.3 Å². The number of carbonyl (C=O) groups is 2. The fourth-order valence-electron chi connectivity index (χ4n) is 1.28. The smallest absolute Gasteiger partial charge is 0.346 e. The first-order chi connectivity index (χ1) is 8.49. The average Bonchev–Trinajstić information content (AvgIpc) is 2.38. The van der Waals surface area contributed by atoms with Crippen molar-refractivity contribution in [2.75, 3.05) is 14.2 Å². The predicted molar refractivity (Wildman–Crippen MR) is 67.6 cm³/mol. The van der Waals surface area contributed by atoms with E-state index >= 15 is 0 Å². The van der Waals surface area contributed by atoms with Crippen LogP contribution in [0.5, 0.6) is 5.75 Å². The summed E-state index contributed by atoms with van der Waals surface area (Å²) in [5.41, 5.74) is 0.239. The van der Waals surface area contributed by atoms with E-state index in [4.69, 9.17) is 4.74 Å². The van der Waals surface area contributed by atoms with Crippen molar-refractivity contribution in [1.29, 1.82) is 0 Å². The number of ether oxygens (including phenoxy) is 3. The number of carbonyl (C=O) groups excluding carboxylic acids is 2. The Hall–Kier alpha value is -1.56. The maximum Gasteiger partial charge on any atom is 0.346 e. The molecule has 0 spiro atoms. The number of hydrogen-bond acceptors (Lipinski definition) is 5. The van der Waals surface area contributed by atoms with Crippen LogP contribution in [-0.2, 0) is 14.3 Å². The second kappa shape index (κ2) is 6.39. The first kappa shape index (κ1) is 14.5. The predicted octanol–water partition coefficient (Wildman–Crippen LogP) is 2.18. The van der Waals surface area contributed by atoms with Crippen molar-refractivity contribution in [3.05, 3.63) is 28.2 Å². The lowest BCUT2D eigenvalue weighted by Gasteiger charge is -2.15. The lowest BCUT2D eigenvalue weighted by molar-refractivity contribution is -0.147. The Morgan fingerprint density at radius 2 is 1.89 bits per heavy atom. The molecule has 0 aliphatic carbocycles. The molecule has 0 saturated heterocycles. The van der Waals surface area contributed by atoms with E-state index in [-0.39, 0.29) is 11.3 Å². The van der Waals surface area contributed by atoms with Crippen LogP contribution in [0.2, 0.25) is 0 Å². The van der Waals surface area contributed by atoms with E-state index in [9.17, 15) is 9.59 Å². The Labute approximate surface area is 113 Å². The number of rotatable bonds is 4. The van der Waals surface area contributed by atoms with Gasteiger partial charge in [-0.3, -0.25) is 0 Å². The summed E-state index contributed by atoms with van der Waals surface area (Å²) in [6.07, 6.45) is -0.806. The summed E-state index contributed by atoms with van der Waals surface area (Å²) in [6, 6.07) is 4.84. The highest BCUT2D eigenvalue weighted by Gasteiger charge is 2.20. The van der Waals surface area contributed by atoms with Crippen LogP contribution in [0.3, 0.4) is 0 Å². The van der Waals surface area contributed by atoms with Crippen molar-refractivity contribution in [2.45, 2.75) is 13.0 Å². The van der Waals surface area contributed by atoms with Gasteiger partial charge in [-0.05, 0) is 25.1 Å². The largest absolute Gasteiger partial charge is 0.478 e. The average molecular weight is 317 g/mol. The molecule has 18 heavy (non-hydrogen) atoms. The second-order valence-corrected chi connectivity index (χ2v) is 4.33. The number of benzene rings is 1. The monoisotopic (exact) mass is 316 g/mol. The summed E-state index contributed by atoms with van der Waals surface area (Å²) in [4.78, 5) is 22.8. The molecule has 1 aromatic carbocycles. The van der Waals surface area contributed by atoms with Gasteiger partial charge in [0, 0.05) is 4.47 Å². The van der Waals surface area contributed by atoms with Crippen LogP contribution in [0.4, 0.5) is 0 Å². The number of esters is 2. The Morgan fingerprint density at radius 1 is 1.22 bits per heavy atom. The molecule has 6 heteroatoms. The fourth-order valence-corrected chi connectivity index (χ4v) is 1.64. The molecule has 0 aliphatic heterocycles. The number of methoxy groups -OCH3 is 2. The van der Waals surface area contributed by atoms with E-state index in [1.54, 1.807) is 18.2 Å². The third kappa shape index (κ3) is 3.46. The molecule has 1 rings (SSSR count). The first-order valence-electron chi connectivity index (χ1n) is 5.12. The molecule has 0 radical (unpaired) electrons. The van der Waals surface area contributed by atoms with Crippen molar-refractivity contribution in [2.24, 2.45) is 0 Å². The molecule has 1 atom stereocenters. The van der Waals surface area contributed by atoms with E-state index in [2.05, 4.69) is 25.4 Å². The van der Waals surface area contributed by atoms with Gasteiger partial charge in [-0.15, -0.1) is 0 Å². The molecule has 0 aromatic heterocycles. The van der Waals surface area contributed by atoms with Crippen molar-refractivity contribution < 1.29 is 23.8 Å². The van der Waals surface area contributed by atoms with Crippen LogP contribution in [0.15, 0.2) is 22.7 Å². The zero-order chi connectivity index (χ0) is 13.7. The van der Waals surface area contributed by atoms with E-state index < -0.39 is 18.0 Å². The second-order valence-electron chi connectivity index (χ2n) is 3.42. The fraction of sp³-hybridized carbons (Fsp3) is 0.333. The van der Waals surface area contributed by atoms with E-state index in [1.165, 1.54) is 21.1 Å². The quantitative estimate of drug-likeness (QED) is 0.797. The molecular weight excluding hydrogens is 304 g/mol. The van der Waals surface area contributed by atoms with Crippen LogP contribution in [0.25, 0.3) is 0 Å². The van der Waals surface area contributed by atoms with E-state index in [1.807, 2.05) is 0 Å². The molecule has 0 N–H and O–H groups in total. The van der Waals surface area contributed by atoms with Crippen LogP contribution in [-0.4, -0.2) is 32.3 Å². The van der Waals surface area contributed by atoms with Gasteiger partial charge in [-0.25, -0.2) is 9.59 Å². The molecule has 0 bridgehead atoms. The summed E-state index contributed by atoms with van der Waals surface area (Å²) in [6.45, 7) is 1.54. The van der Waals surface area contributed by atoms with Crippen molar-refractivity contribution in [1.82, 2.24) is 0 Å². The standard InChI is InChI=1S/C12H13BrO5/c1-7(11(14)16-2)18-10-5-4-8(13)6-9(10)12(15)17-3/h4-7H,1-3H3. The maximum absolute atomic E-state index is 11.6. The molecule has 0 heterocycles. The molecule has 98 valence electrons. The van der Waals surface area contributed by atoms with Gasteiger partial charge in [-0.1, -0.05) is 15.9 Å². The minimum absolute atomic E-state index is 0.239. The highest BCUT2D eigenvalue weighted by atomic mass is 79.9. The highest BCUT2D eigenvalue weighted by molar-refractivity contribution is 9.10. The molecule has 0 aliphatic rings. The Morgan fingerprint density at radius 3 is 2.44 bits per heavy atom. The van der Waals surface area contributed by atoms with Gasteiger partial charge in [-0.2, -0.15) is 0 Å². The summed E-state index contributed by atoms with van der Waals surface area (Å²) in [7, 11) is 2.54. The summed E-state index contributed by atoms with van der Waals surface area (Å²) >= 11 is 3.25. The zero-order valence-electron chi connectivity index (χ0n) is 10.2. The maximum atomic E-state index is 11.6. The molecule has 1 unspecified atom stereocenters. The lowest BCUT2D eigenvalue weighted by atomic mass is 10.2. The molecule has 1 aromatic rings. The van der Waals surface area contributed by atoms with Gasteiger partial charge in [0.25, 0.3) is 0 Å². The summed E-state index contributed by atoms with van der Waals surface area (Å²) in [5.74, 6) is -0.792. The Bertz CT molecular complexity index is 458. The van der Waals surface area contributed by atoms with Crippen LogP contribution < -0.4 is 4.74 Å². The third-order valence-corrected chi connectivity index (χ3v) is 2.68. The normalized spacial score (nSPS) is 11.6. The summed E-state index contributed by atoms with van der Waals surface area (Å²) in [5, 5.41) is 0. The summed E-state index contributed by atoms with van der Waals surface area (Å²) < 4.78 is 15.3. The van der Waals surface area contributed by atoms with Crippen molar-refractivity contribution in [3.63, 3.8) is 0 Å².